The summed E-state index contributed by atoms with van der Waals surface area (Å²) < 4.78 is 7.01. The van der Waals surface area contributed by atoms with Crippen molar-refractivity contribution in [2.75, 3.05) is 16.8 Å². The molecule has 3 heterocycles. The molecule has 4 aromatic carbocycles. The first-order valence-electron chi connectivity index (χ1n) is 14.1. The van der Waals surface area contributed by atoms with Gasteiger partial charge in [-0.05, 0) is 80.1 Å². The van der Waals surface area contributed by atoms with Crippen molar-refractivity contribution in [3.05, 3.63) is 129 Å². The molecule has 5 aromatic rings. The predicted molar refractivity (Wildman–Crippen MR) is 176 cm³/mol. The summed E-state index contributed by atoms with van der Waals surface area (Å²) >= 11 is 13.0. The summed E-state index contributed by atoms with van der Waals surface area (Å²) in [7, 11) is 0. The molecule has 8 nitrogen and oxygen atoms in total. The zero-order chi connectivity index (χ0) is 30.4. The lowest BCUT2D eigenvalue weighted by Crippen LogP contribution is -2.46. The van der Waals surface area contributed by atoms with Crippen LogP contribution in [-0.2, 0) is 4.74 Å². The zero-order valence-electron chi connectivity index (χ0n) is 23.8. The molecule has 0 unspecified atom stereocenters. The highest BCUT2D eigenvalue weighted by Crippen LogP contribution is 2.48. The van der Waals surface area contributed by atoms with Crippen LogP contribution in [0.15, 0.2) is 107 Å². The molecule has 0 spiro atoms. The number of aliphatic imine (C=N–C) groups is 2. The number of aromatic nitrogens is 2. The number of benzene rings is 4. The van der Waals surface area contributed by atoms with Gasteiger partial charge in [0.2, 0.25) is 0 Å². The molecular formula is C34H26Cl2N6O2. The Hall–Kier alpha value is -4.92. The number of nitrogens with one attached hydrogen (secondary N) is 1. The van der Waals surface area contributed by atoms with Crippen molar-refractivity contribution in [2.24, 2.45) is 9.98 Å². The first-order valence-corrected chi connectivity index (χ1v) is 14.9. The third-order valence-corrected chi connectivity index (χ3v) is 8.30. The molecule has 0 saturated heterocycles. The molecule has 0 saturated carbocycles. The number of aryl methyl sites for hydroxylation is 1. The highest BCUT2D eigenvalue weighted by Gasteiger charge is 2.41. The monoisotopic (exact) mass is 620 g/mol. The molecule has 2 aliphatic rings. The van der Waals surface area contributed by atoms with Gasteiger partial charge in [0.05, 0.1) is 51.0 Å². The van der Waals surface area contributed by atoms with Crippen LogP contribution in [-0.4, -0.2) is 34.0 Å². The lowest BCUT2D eigenvalue weighted by atomic mass is 9.93. The predicted octanol–water partition coefficient (Wildman–Crippen LogP) is 8.46. The minimum absolute atomic E-state index is 0.311. The lowest BCUT2D eigenvalue weighted by molar-refractivity contribution is 0.0526. The maximum atomic E-state index is 12.2. The highest BCUT2D eigenvalue weighted by molar-refractivity contribution is 6.51. The number of rotatable bonds is 5. The molecule has 0 fully saturated rings. The van der Waals surface area contributed by atoms with Crippen molar-refractivity contribution < 1.29 is 9.53 Å². The van der Waals surface area contributed by atoms with Gasteiger partial charge < -0.3 is 15.0 Å². The number of amidine groups is 2. The highest BCUT2D eigenvalue weighted by atomic mass is 35.5. The second-order valence-electron chi connectivity index (χ2n) is 10.3. The number of carbonyl (C=O) groups excluding carboxylic acids is 1. The van der Waals surface area contributed by atoms with Crippen LogP contribution in [0.25, 0.3) is 5.69 Å². The summed E-state index contributed by atoms with van der Waals surface area (Å²) in [5.74, 6) is 1.48. The third kappa shape index (κ3) is 4.82. The number of para-hydroxylation sites is 3. The summed E-state index contributed by atoms with van der Waals surface area (Å²) in [6.45, 7) is 4.09. The van der Waals surface area contributed by atoms with E-state index >= 15 is 0 Å². The van der Waals surface area contributed by atoms with Crippen molar-refractivity contribution in [3.8, 4) is 5.69 Å². The van der Waals surface area contributed by atoms with Gasteiger partial charge in [-0.1, -0.05) is 59.6 Å². The Labute approximate surface area is 264 Å². The normalized spacial score (nSPS) is 15.0. The fourth-order valence-corrected chi connectivity index (χ4v) is 5.89. The van der Waals surface area contributed by atoms with Gasteiger partial charge in [-0.15, -0.1) is 0 Å². The molecule has 0 bridgehead atoms. The van der Waals surface area contributed by atoms with Gasteiger partial charge in [0.25, 0.3) is 0 Å². The van der Waals surface area contributed by atoms with Gasteiger partial charge >= 0.3 is 5.97 Å². The maximum absolute atomic E-state index is 12.2. The smallest absolute Gasteiger partial charge is 0.338 e. The molecule has 44 heavy (non-hydrogen) atoms. The minimum atomic E-state index is -0.368. The zero-order valence-corrected chi connectivity index (χ0v) is 25.3. The fraction of sp³-hybridized carbons (Fsp3) is 0.118. The molecule has 0 amide bonds. The van der Waals surface area contributed by atoms with Crippen molar-refractivity contribution in [1.82, 2.24) is 9.78 Å². The van der Waals surface area contributed by atoms with Gasteiger partial charge in [-0.3, -0.25) is 0 Å². The van der Waals surface area contributed by atoms with E-state index in [-0.39, 0.29) is 12.0 Å². The number of carbonyl (C=O) groups is 1. The molecule has 1 N–H and O–H groups in total. The summed E-state index contributed by atoms with van der Waals surface area (Å²) in [5, 5.41) is 9.36. The van der Waals surface area contributed by atoms with E-state index in [1.807, 2.05) is 96.5 Å². The van der Waals surface area contributed by atoms with Gasteiger partial charge in [0, 0.05) is 11.3 Å². The van der Waals surface area contributed by atoms with E-state index in [0.29, 0.717) is 39.7 Å². The second kappa shape index (κ2) is 11.3. The number of halogens is 2. The van der Waals surface area contributed by atoms with Crippen LogP contribution in [0.4, 0.5) is 22.9 Å². The molecule has 10 heteroatoms. The summed E-state index contributed by atoms with van der Waals surface area (Å²) in [6, 6.07) is 30.3. The number of esters is 1. The van der Waals surface area contributed by atoms with E-state index < -0.39 is 0 Å². The standard InChI is InChI=1S/C34H26Cl2N6O2/c1-3-44-34(43)21-13-16-23(17-14-21)37-31-33-39-32-29(20(2)40-42(32)24-9-5-4-6-10-24)30(22-15-18-25(35)26(36)19-22)41(33)28-12-8-7-11-27(28)38-31/h4-19,30H,3H2,1-2H3,(H,37,38)/t30-/m0/s1. The van der Waals surface area contributed by atoms with Crippen LogP contribution in [0.2, 0.25) is 10.0 Å². The molecule has 1 aromatic heterocycles. The lowest BCUT2D eigenvalue weighted by Gasteiger charge is -2.40. The maximum Gasteiger partial charge on any atom is 0.338 e. The largest absolute Gasteiger partial charge is 0.462 e. The Bertz CT molecular complexity index is 1970. The number of hydrogen-bond acceptors (Lipinski definition) is 7. The Morgan fingerprint density at radius 3 is 2.41 bits per heavy atom. The van der Waals surface area contributed by atoms with Crippen LogP contribution in [0.1, 0.15) is 40.1 Å². The van der Waals surface area contributed by atoms with Crippen molar-refractivity contribution in [3.63, 3.8) is 0 Å². The number of hydrogen-bond donors (Lipinski definition) is 1. The van der Waals surface area contributed by atoms with Gasteiger partial charge in [-0.2, -0.15) is 5.10 Å². The number of anilines is 2. The van der Waals surface area contributed by atoms with Crippen LogP contribution >= 0.6 is 23.2 Å². The molecule has 218 valence electrons. The van der Waals surface area contributed by atoms with Crippen LogP contribution < -0.4 is 10.2 Å². The molecule has 0 radical (unpaired) electrons. The fourth-order valence-electron chi connectivity index (χ4n) is 5.59. The summed E-state index contributed by atoms with van der Waals surface area (Å²) in [6.07, 6.45) is 0. The molecule has 0 aliphatic carbocycles. The topological polar surface area (TPSA) is 84.1 Å². The van der Waals surface area contributed by atoms with Gasteiger partial charge in [0.1, 0.15) is 0 Å². The summed E-state index contributed by atoms with van der Waals surface area (Å²) in [5.41, 5.74) is 6.48. The SMILES string of the molecule is CCOC(=O)c1ccc(NC2=Nc3ccccc3N3C2=Nc2c(c(C)nn2-c2ccccc2)[C@@H]3c2ccc(Cl)c(Cl)c2)cc1. The third-order valence-electron chi connectivity index (χ3n) is 7.56. The minimum Gasteiger partial charge on any atom is -0.462 e. The van der Waals surface area contributed by atoms with Crippen LogP contribution in [0, 0.1) is 6.92 Å². The van der Waals surface area contributed by atoms with Crippen molar-refractivity contribution in [2.45, 2.75) is 19.9 Å². The number of nitrogens with zero attached hydrogens (tertiary/aromatic N) is 5. The second-order valence-corrected chi connectivity index (χ2v) is 11.1. The average molecular weight is 622 g/mol. The molecule has 2 aliphatic heterocycles. The number of ether oxygens (including phenoxy) is 1. The first kappa shape index (κ1) is 27.9. The van der Waals surface area contributed by atoms with E-state index in [1.165, 1.54) is 0 Å². The quantitative estimate of drug-likeness (QED) is 0.199. The Balaban J connectivity index is 1.42. The van der Waals surface area contributed by atoms with E-state index in [0.717, 1.165) is 39.6 Å². The molecule has 1 atom stereocenters. The van der Waals surface area contributed by atoms with Crippen molar-refractivity contribution in [1.29, 1.82) is 0 Å². The number of fused-ring (bicyclic) bond motifs is 4. The Morgan fingerprint density at radius 1 is 0.909 bits per heavy atom. The van der Waals surface area contributed by atoms with E-state index in [4.69, 9.17) is 43.0 Å². The van der Waals surface area contributed by atoms with E-state index in [2.05, 4.69) is 10.2 Å². The summed E-state index contributed by atoms with van der Waals surface area (Å²) in [4.78, 5) is 24.7. The Morgan fingerprint density at radius 2 is 1.66 bits per heavy atom. The van der Waals surface area contributed by atoms with Gasteiger partial charge in [-0.25, -0.2) is 19.5 Å². The molecule has 7 rings (SSSR count). The molecular weight excluding hydrogens is 595 g/mol. The van der Waals surface area contributed by atoms with E-state index in [9.17, 15) is 4.79 Å². The first-order chi connectivity index (χ1) is 21.4. The van der Waals surface area contributed by atoms with E-state index in [1.54, 1.807) is 19.1 Å². The average Bonchev–Trinajstić information content (AvgIpc) is 3.38. The Kier molecular flexibility index (Phi) is 7.16. The van der Waals surface area contributed by atoms with Crippen LogP contribution in [0.5, 0.6) is 0 Å². The van der Waals surface area contributed by atoms with Crippen molar-refractivity contribution >= 4 is 63.7 Å². The van der Waals surface area contributed by atoms with Gasteiger partial charge in [0.15, 0.2) is 17.5 Å². The van der Waals surface area contributed by atoms with Crippen LogP contribution in [0.3, 0.4) is 0 Å².